The molecule has 7 heteroatoms. The van der Waals surface area contributed by atoms with Crippen molar-refractivity contribution >= 4 is 23.6 Å². The molecule has 0 spiro atoms. The Balaban J connectivity index is 2.13. The maximum Gasteiger partial charge on any atom is 0.408 e. The fourth-order valence-electron chi connectivity index (χ4n) is 2.64. The highest BCUT2D eigenvalue weighted by Crippen LogP contribution is 2.18. The molecule has 6 nitrogen and oxygen atoms in total. The predicted octanol–water partition coefficient (Wildman–Crippen LogP) is 2.21. The van der Waals surface area contributed by atoms with E-state index in [-0.39, 0.29) is 5.91 Å². The zero-order chi connectivity index (χ0) is 18.4. The highest BCUT2D eigenvalue weighted by atomic mass is 35.5. The molecule has 1 aromatic rings. The van der Waals surface area contributed by atoms with Gasteiger partial charge in [0.05, 0.1) is 0 Å². The summed E-state index contributed by atoms with van der Waals surface area (Å²) in [6, 6.07) is 6.61. The summed E-state index contributed by atoms with van der Waals surface area (Å²) in [5.74, 6) is -0.118. The average molecular weight is 368 g/mol. The van der Waals surface area contributed by atoms with E-state index in [0.29, 0.717) is 24.5 Å². The smallest absolute Gasteiger partial charge is 0.408 e. The molecular weight excluding hydrogens is 342 g/mol. The molecule has 1 fully saturated rings. The lowest BCUT2D eigenvalue weighted by Crippen LogP contribution is -2.55. The summed E-state index contributed by atoms with van der Waals surface area (Å²) in [6.45, 7) is 8.09. The van der Waals surface area contributed by atoms with E-state index >= 15 is 0 Å². The number of hydrogen-bond acceptors (Lipinski definition) is 4. The van der Waals surface area contributed by atoms with E-state index in [4.69, 9.17) is 16.3 Å². The molecule has 1 saturated heterocycles. The molecule has 2 amide bonds. The van der Waals surface area contributed by atoms with Crippen LogP contribution < -0.4 is 10.6 Å². The summed E-state index contributed by atoms with van der Waals surface area (Å²) < 4.78 is 5.31. The molecule has 1 aliphatic heterocycles. The van der Waals surface area contributed by atoms with Gasteiger partial charge in [-0.15, -0.1) is 0 Å². The first-order valence-corrected chi connectivity index (χ1v) is 8.86. The minimum absolute atomic E-state index is 0.118. The van der Waals surface area contributed by atoms with Crippen LogP contribution in [0.15, 0.2) is 24.3 Å². The maximum atomic E-state index is 12.9. The van der Waals surface area contributed by atoms with Crippen LogP contribution in [-0.2, 0) is 16.0 Å². The van der Waals surface area contributed by atoms with Gasteiger partial charge < -0.3 is 20.3 Å². The van der Waals surface area contributed by atoms with Gasteiger partial charge in [0.25, 0.3) is 0 Å². The minimum Gasteiger partial charge on any atom is -0.444 e. The second kappa shape index (κ2) is 8.54. The van der Waals surface area contributed by atoms with E-state index < -0.39 is 17.7 Å². The molecule has 0 saturated carbocycles. The Kier molecular flexibility index (Phi) is 6.67. The zero-order valence-corrected chi connectivity index (χ0v) is 15.7. The predicted molar refractivity (Wildman–Crippen MR) is 97.8 cm³/mol. The summed E-state index contributed by atoms with van der Waals surface area (Å²) in [6.07, 6.45) is -0.283. The number of piperazine rings is 1. The van der Waals surface area contributed by atoms with Gasteiger partial charge in [0.15, 0.2) is 0 Å². The molecule has 1 heterocycles. The Morgan fingerprint density at radius 2 is 1.92 bits per heavy atom. The van der Waals surface area contributed by atoms with Crippen molar-refractivity contribution < 1.29 is 14.3 Å². The monoisotopic (exact) mass is 367 g/mol. The number of carbonyl (C=O) groups is 2. The molecule has 0 aromatic heterocycles. The van der Waals surface area contributed by atoms with Crippen molar-refractivity contribution in [3.05, 3.63) is 34.9 Å². The highest BCUT2D eigenvalue weighted by molar-refractivity contribution is 6.31. The largest absolute Gasteiger partial charge is 0.444 e. The van der Waals surface area contributed by atoms with Crippen LogP contribution in [0.4, 0.5) is 4.79 Å². The molecule has 1 aromatic carbocycles. The topological polar surface area (TPSA) is 70.7 Å². The van der Waals surface area contributed by atoms with Gasteiger partial charge >= 0.3 is 6.09 Å². The van der Waals surface area contributed by atoms with Crippen LogP contribution in [0.2, 0.25) is 5.02 Å². The molecule has 1 atom stereocenters. The molecule has 1 aliphatic rings. The fourth-order valence-corrected chi connectivity index (χ4v) is 2.85. The third-order valence-corrected chi connectivity index (χ3v) is 4.17. The molecular formula is C18H26ClN3O3. The van der Waals surface area contributed by atoms with E-state index in [0.717, 1.165) is 18.7 Å². The van der Waals surface area contributed by atoms with E-state index in [2.05, 4.69) is 10.6 Å². The first-order chi connectivity index (χ1) is 11.8. The molecule has 0 radical (unpaired) electrons. The lowest BCUT2D eigenvalue weighted by atomic mass is 10.0. The summed E-state index contributed by atoms with van der Waals surface area (Å²) in [7, 11) is 0. The van der Waals surface area contributed by atoms with Crippen molar-refractivity contribution in [3.8, 4) is 0 Å². The molecule has 0 aliphatic carbocycles. The Bertz CT molecular complexity index is 610. The van der Waals surface area contributed by atoms with Gasteiger partial charge in [0.2, 0.25) is 5.91 Å². The number of rotatable bonds is 4. The van der Waals surface area contributed by atoms with E-state index in [1.807, 2.05) is 18.2 Å². The van der Waals surface area contributed by atoms with Gasteiger partial charge in [-0.1, -0.05) is 29.8 Å². The van der Waals surface area contributed by atoms with Gasteiger partial charge in [-0.05, 0) is 32.4 Å². The Hall–Kier alpha value is -1.79. The SMILES string of the molecule is CC(C)(C)OC(=O)N[C@@H](Cc1ccccc1Cl)C(=O)N1CCNCC1. The number of hydrogen-bond donors (Lipinski definition) is 2. The third-order valence-electron chi connectivity index (χ3n) is 3.80. The number of benzene rings is 1. The Labute approximate surface area is 153 Å². The van der Waals surface area contributed by atoms with Gasteiger partial charge in [0, 0.05) is 37.6 Å². The van der Waals surface area contributed by atoms with Gasteiger partial charge in [-0.25, -0.2) is 4.79 Å². The molecule has 138 valence electrons. The van der Waals surface area contributed by atoms with Crippen molar-refractivity contribution in [1.29, 1.82) is 0 Å². The number of alkyl carbamates (subject to hydrolysis) is 1. The van der Waals surface area contributed by atoms with Crippen LogP contribution in [0.5, 0.6) is 0 Å². The maximum absolute atomic E-state index is 12.9. The zero-order valence-electron chi connectivity index (χ0n) is 15.0. The minimum atomic E-state index is -0.715. The second-order valence-electron chi connectivity index (χ2n) is 7.07. The quantitative estimate of drug-likeness (QED) is 0.856. The number of ether oxygens (including phenoxy) is 1. The normalized spacial score (nSPS) is 16.2. The Morgan fingerprint density at radius 1 is 1.28 bits per heavy atom. The van der Waals surface area contributed by atoms with Crippen molar-refractivity contribution in [3.63, 3.8) is 0 Å². The van der Waals surface area contributed by atoms with Crippen LogP contribution in [0.3, 0.4) is 0 Å². The van der Waals surface area contributed by atoms with Crippen LogP contribution in [0.1, 0.15) is 26.3 Å². The van der Waals surface area contributed by atoms with Crippen molar-refractivity contribution in [1.82, 2.24) is 15.5 Å². The molecule has 2 rings (SSSR count). The van der Waals surface area contributed by atoms with Gasteiger partial charge in [-0.3, -0.25) is 4.79 Å². The van der Waals surface area contributed by atoms with Crippen molar-refractivity contribution in [2.75, 3.05) is 26.2 Å². The molecule has 25 heavy (non-hydrogen) atoms. The highest BCUT2D eigenvalue weighted by Gasteiger charge is 2.29. The van der Waals surface area contributed by atoms with Gasteiger partial charge in [0.1, 0.15) is 11.6 Å². The summed E-state index contributed by atoms with van der Waals surface area (Å²) >= 11 is 6.22. The van der Waals surface area contributed by atoms with Crippen molar-refractivity contribution in [2.24, 2.45) is 0 Å². The van der Waals surface area contributed by atoms with Crippen LogP contribution >= 0.6 is 11.6 Å². The average Bonchev–Trinajstić information content (AvgIpc) is 2.54. The number of nitrogens with zero attached hydrogens (tertiary/aromatic N) is 1. The lowest BCUT2D eigenvalue weighted by molar-refractivity contribution is -0.134. The van der Waals surface area contributed by atoms with Gasteiger partial charge in [-0.2, -0.15) is 0 Å². The molecule has 0 bridgehead atoms. The molecule has 0 unspecified atom stereocenters. The van der Waals surface area contributed by atoms with E-state index in [1.165, 1.54) is 0 Å². The van der Waals surface area contributed by atoms with Crippen molar-refractivity contribution in [2.45, 2.75) is 38.8 Å². The number of halogens is 1. The number of carbonyl (C=O) groups excluding carboxylic acids is 2. The van der Waals surface area contributed by atoms with E-state index in [9.17, 15) is 9.59 Å². The first kappa shape index (κ1) is 19.5. The first-order valence-electron chi connectivity index (χ1n) is 8.49. The summed E-state index contributed by atoms with van der Waals surface area (Å²) in [5, 5.41) is 6.50. The fraction of sp³-hybridized carbons (Fsp3) is 0.556. The third kappa shape index (κ3) is 6.21. The number of nitrogens with one attached hydrogen (secondary N) is 2. The summed E-state index contributed by atoms with van der Waals surface area (Å²) in [4.78, 5) is 26.8. The van der Waals surface area contributed by atoms with Crippen LogP contribution in [0, 0.1) is 0 Å². The van der Waals surface area contributed by atoms with Crippen LogP contribution in [0.25, 0.3) is 0 Å². The van der Waals surface area contributed by atoms with E-state index in [1.54, 1.807) is 31.7 Å². The second-order valence-corrected chi connectivity index (χ2v) is 7.48. The lowest BCUT2D eigenvalue weighted by Gasteiger charge is -2.31. The molecule has 2 N–H and O–H groups in total. The Morgan fingerprint density at radius 3 is 2.52 bits per heavy atom. The standard InChI is InChI=1S/C18H26ClN3O3/c1-18(2,3)25-17(24)21-15(12-13-6-4-5-7-14(13)19)16(23)22-10-8-20-9-11-22/h4-7,15,20H,8-12H2,1-3H3,(H,21,24)/t15-/m0/s1. The summed E-state index contributed by atoms with van der Waals surface area (Å²) in [5.41, 5.74) is 0.186. The van der Waals surface area contributed by atoms with Crippen LogP contribution in [-0.4, -0.2) is 54.7 Å². The number of amides is 2.